The molecule has 0 unspecified atom stereocenters. The van der Waals surface area contributed by atoms with Crippen molar-refractivity contribution < 1.29 is 18.0 Å². The molecule has 4 rings (SSSR count). The van der Waals surface area contributed by atoms with Gasteiger partial charge in [0.15, 0.2) is 0 Å². The molecule has 1 saturated carbocycles. The zero-order valence-electron chi connectivity index (χ0n) is 22.3. The largest absolute Gasteiger partial charge is 0.326 e. The van der Waals surface area contributed by atoms with Gasteiger partial charge in [0.2, 0.25) is 15.9 Å². The molecule has 2 heterocycles. The Labute approximate surface area is 221 Å². The van der Waals surface area contributed by atoms with Crippen LogP contribution in [0.5, 0.6) is 0 Å². The quantitative estimate of drug-likeness (QED) is 0.495. The maximum atomic E-state index is 13.1. The number of anilines is 1. The third kappa shape index (κ3) is 6.49. The van der Waals surface area contributed by atoms with Gasteiger partial charge in [0.25, 0.3) is 5.91 Å². The van der Waals surface area contributed by atoms with Crippen LogP contribution in [0, 0.1) is 12.8 Å². The molecular formula is C28H40N4O4S. The summed E-state index contributed by atoms with van der Waals surface area (Å²) >= 11 is 0. The normalized spacial score (nSPS) is 22.0. The lowest BCUT2D eigenvalue weighted by molar-refractivity contribution is -0.125. The van der Waals surface area contributed by atoms with Gasteiger partial charge in [-0.25, -0.2) is 12.7 Å². The van der Waals surface area contributed by atoms with E-state index >= 15 is 0 Å². The SMILES string of the molecule is CCCC=C1CCC(C2=NC3(CCN(S(=O)(=O)CCc4ccc(NC(C)=O)cc4C)CC3)C(=O)N2)CC1. The number of nitrogens with zero attached hydrogens (tertiary/aromatic N) is 2. The van der Waals surface area contributed by atoms with Gasteiger partial charge >= 0.3 is 0 Å². The third-order valence-corrected chi connectivity index (χ3v) is 9.84. The maximum Gasteiger partial charge on any atom is 0.253 e. The lowest BCUT2D eigenvalue weighted by atomic mass is 9.84. The first-order chi connectivity index (χ1) is 17.6. The van der Waals surface area contributed by atoms with Crippen molar-refractivity contribution in [2.24, 2.45) is 10.9 Å². The zero-order valence-corrected chi connectivity index (χ0v) is 23.1. The van der Waals surface area contributed by atoms with Crippen LogP contribution in [0.4, 0.5) is 5.69 Å². The molecule has 1 aromatic rings. The Bertz CT molecular complexity index is 1190. The number of amides is 2. The van der Waals surface area contributed by atoms with E-state index in [1.54, 1.807) is 6.07 Å². The summed E-state index contributed by atoms with van der Waals surface area (Å²) in [5, 5.41) is 5.81. The molecule has 202 valence electrons. The van der Waals surface area contributed by atoms with E-state index in [2.05, 4.69) is 23.6 Å². The number of hydrogen-bond acceptors (Lipinski definition) is 5. The summed E-state index contributed by atoms with van der Waals surface area (Å²) in [7, 11) is -3.46. The van der Waals surface area contributed by atoms with Crippen molar-refractivity contribution >= 4 is 33.4 Å². The highest BCUT2D eigenvalue weighted by Gasteiger charge is 2.48. The van der Waals surface area contributed by atoms with Crippen LogP contribution in [-0.2, 0) is 26.0 Å². The number of unbranched alkanes of at least 4 members (excludes halogenated alkanes) is 1. The summed E-state index contributed by atoms with van der Waals surface area (Å²) in [4.78, 5) is 29.1. The second-order valence-corrected chi connectivity index (χ2v) is 12.8. The average Bonchev–Trinajstić information content (AvgIpc) is 3.17. The van der Waals surface area contributed by atoms with E-state index in [1.807, 2.05) is 19.1 Å². The van der Waals surface area contributed by atoms with Crippen molar-refractivity contribution in [1.29, 1.82) is 0 Å². The van der Waals surface area contributed by atoms with Gasteiger partial charge in [-0.05, 0) is 81.5 Å². The van der Waals surface area contributed by atoms with Gasteiger partial charge in [-0.3, -0.25) is 14.6 Å². The van der Waals surface area contributed by atoms with E-state index in [9.17, 15) is 18.0 Å². The molecule has 1 aromatic carbocycles. The number of hydrogen-bond donors (Lipinski definition) is 2. The molecule has 2 N–H and O–H groups in total. The van der Waals surface area contributed by atoms with Crippen LogP contribution in [0.15, 0.2) is 34.8 Å². The van der Waals surface area contributed by atoms with Gasteiger partial charge in [0.05, 0.1) is 5.75 Å². The fourth-order valence-corrected chi connectivity index (χ4v) is 7.12. The van der Waals surface area contributed by atoms with E-state index in [1.165, 1.54) is 16.8 Å². The Morgan fingerprint density at radius 1 is 1.24 bits per heavy atom. The average molecular weight is 529 g/mol. The molecule has 0 bridgehead atoms. The van der Waals surface area contributed by atoms with Gasteiger partial charge in [0.1, 0.15) is 11.4 Å². The number of carbonyl (C=O) groups is 2. The topological polar surface area (TPSA) is 108 Å². The lowest BCUT2D eigenvalue weighted by Gasteiger charge is -2.34. The highest BCUT2D eigenvalue weighted by atomic mass is 32.2. The van der Waals surface area contributed by atoms with Gasteiger partial charge in [-0.2, -0.15) is 0 Å². The second kappa shape index (κ2) is 11.5. The van der Waals surface area contributed by atoms with E-state index in [-0.39, 0.29) is 23.5 Å². The molecule has 2 aliphatic heterocycles. The minimum atomic E-state index is -3.46. The van der Waals surface area contributed by atoms with Crippen LogP contribution in [0.25, 0.3) is 0 Å². The molecule has 1 aliphatic carbocycles. The van der Waals surface area contributed by atoms with E-state index < -0.39 is 15.6 Å². The van der Waals surface area contributed by atoms with E-state index in [0.717, 1.165) is 55.5 Å². The third-order valence-electron chi connectivity index (χ3n) is 7.97. The molecule has 0 aromatic heterocycles. The second-order valence-electron chi connectivity index (χ2n) is 10.7. The number of aliphatic imine (C=N–C) groups is 1. The van der Waals surface area contributed by atoms with Crippen LogP contribution < -0.4 is 10.6 Å². The predicted molar refractivity (Wildman–Crippen MR) is 147 cm³/mol. The molecule has 8 nitrogen and oxygen atoms in total. The molecule has 0 radical (unpaired) electrons. The van der Waals surface area contributed by atoms with Crippen molar-refractivity contribution in [3.63, 3.8) is 0 Å². The van der Waals surface area contributed by atoms with Crippen molar-refractivity contribution in [3.8, 4) is 0 Å². The van der Waals surface area contributed by atoms with Crippen LogP contribution in [0.2, 0.25) is 0 Å². The number of carbonyl (C=O) groups excluding carboxylic acids is 2. The van der Waals surface area contributed by atoms with Gasteiger partial charge in [-0.1, -0.05) is 31.1 Å². The maximum absolute atomic E-state index is 13.1. The molecule has 3 aliphatic rings. The highest BCUT2D eigenvalue weighted by Crippen LogP contribution is 2.36. The fourth-order valence-electron chi connectivity index (χ4n) is 5.65. The standard InChI is InChI=1S/C28H40N4O4S/c1-4-5-6-22-7-9-24(10-8-22)26-30-27(34)28(31-26)14-16-32(17-15-28)37(35,36)18-13-23-11-12-25(19-20(23)2)29-21(3)33/h6,11-12,19,24H,4-5,7-10,13-18H2,1-3H3,(H,29,33)(H,30,31,34). The summed E-state index contributed by atoms with van der Waals surface area (Å²) in [6.45, 7) is 6.18. The Morgan fingerprint density at radius 2 is 1.95 bits per heavy atom. The lowest BCUT2D eigenvalue weighted by Crippen LogP contribution is -2.51. The van der Waals surface area contributed by atoms with Crippen molar-refractivity contribution in [1.82, 2.24) is 9.62 Å². The smallest absolute Gasteiger partial charge is 0.253 e. The molecular weight excluding hydrogens is 488 g/mol. The van der Waals surface area contributed by atoms with Gasteiger partial charge < -0.3 is 10.6 Å². The van der Waals surface area contributed by atoms with E-state index in [4.69, 9.17) is 4.99 Å². The van der Waals surface area contributed by atoms with Crippen molar-refractivity contribution in [2.75, 3.05) is 24.2 Å². The summed E-state index contributed by atoms with van der Waals surface area (Å²) in [6.07, 6.45) is 10.0. The first kappa shape index (κ1) is 27.5. The highest BCUT2D eigenvalue weighted by molar-refractivity contribution is 7.89. The number of nitrogens with one attached hydrogen (secondary N) is 2. The molecule has 37 heavy (non-hydrogen) atoms. The number of benzene rings is 1. The van der Waals surface area contributed by atoms with Crippen LogP contribution in [-0.4, -0.2) is 54.8 Å². The van der Waals surface area contributed by atoms with Crippen molar-refractivity contribution in [2.45, 2.75) is 84.1 Å². The van der Waals surface area contributed by atoms with Gasteiger partial charge in [0, 0.05) is 31.6 Å². The monoisotopic (exact) mass is 528 g/mol. The van der Waals surface area contributed by atoms with Crippen molar-refractivity contribution in [3.05, 3.63) is 41.0 Å². The van der Waals surface area contributed by atoms with Crippen LogP contribution >= 0.6 is 0 Å². The Morgan fingerprint density at radius 3 is 2.57 bits per heavy atom. The molecule has 1 saturated heterocycles. The number of amidine groups is 1. The Kier molecular flexibility index (Phi) is 8.53. The first-order valence-electron chi connectivity index (χ1n) is 13.6. The number of piperidine rings is 1. The fraction of sp³-hybridized carbons (Fsp3) is 0.607. The summed E-state index contributed by atoms with van der Waals surface area (Å²) in [6, 6.07) is 5.52. The summed E-state index contributed by atoms with van der Waals surface area (Å²) < 4.78 is 27.7. The molecule has 1 spiro atoms. The zero-order chi connectivity index (χ0) is 26.6. The Balaban J connectivity index is 1.33. The number of allylic oxidation sites excluding steroid dienone is 2. The van der Waals surface area contributed by atoms with Crippen LogP contribution in [0.3, 0.4) is 0 Å². The molecule has 0 atom stereocenters. The molecule has 2 fully saturated rings. The van der Waals surface area contributed by atoms with Gasteiger partial charge in [-0.15, -0.1) is 0 Å². The number of aryl methyl sites for hydroxylation is 2. The minimum absolute atomic E-state index is 0.0109. The number of rotatable bonds is 8. The number of sulfonamides is 1. The predicted octanol–water partition coefficient (Wildman–Crippen LogP) is 4.11. The molecule has 9 heteroatoms. The summed E-state index contributed by atoms with van der Waals surface area (Å²) in [5.74, 6) is 0.897. The minimum Gasteiger partial charge on any atom is -0.326 e. The van der Waals surface area contributed by atoms with E-state index in [0.29, 0.717) is 38.0 Å². The van der Waals surface area contributed by atoms with Crippen LogP contribution in [0.1, 0.15) is 76.3 Å². The molecule has 2 amide bonds. The Hall–Kier alpha value is -2.52. The first-order valence-corrected chi connectivity index (χ1v) is 15.2. The summed E-state index contributed by atoms with van der Waals surface area (Å²) in [5.41, 5.74) is 3.29.